The van der Waals surface area contributed by atoms with Crippen LogP contribution < -0.4 is 0 Å². The highest BCUT2D eigenvalue weighted by Crippen LogP contribution is 2.39. The molecular formula is C17H18ClN3O2S. The van der Waals surface area contributed by atoms with E-state index in [0.717, 1.165) is 35.8 Å². The highest BCUT2D eigenvalue weighted by Gasteiger charge is 2.32. The summed E-state index contributed by atoms with van der Waals surface area (Å²) in [6, 6.07) is 8.07. The number of thioether (sulfide) groups is 1. The van der Waals surface area contributed by atoms with Crippen LogP contribution in [0.1, 0.15) is 38.1 Å². The number of nitrogens with zero attached hydrogens (tertiary/aromatic N) is 3. The smallest absolute Gasteiger partial charge is 0.319 e. The Labute approximate surface area is 149 Å². The number of halogens is 1. The maximum absolute atomic E-state index is 11.8. The average Bonchev–Trinajstić information content (AvgIpc) is 3.30. The van der Waals surface area contributed by atoms with Crippen molar-refractivity contribution in [1.29, 1.82) is 0 Å². The third-order valence-corrected chi connectivity index (χ3v) is 6.14. The van der Waals surface area contributed by atoms with Crippen LogP contribution in [-0.2, 0) is 9.53 Å². The fourth-order valence-corrected chi connectivity index (χ4v) is 4.68. The molecule has 24 heavy (non-hydrogen) atoms. The van der Waals surface area contributed by atoms with Crippen LogP contribution in [0.4, 0.5) is 0 Å². The van der Waals surface area contributed by atoms with Gasteiger partial charge in [-0.05, 0) is 25.0 Å². The molecule has 1 saturated carbocycles. The molecule has 7 heteroatoms. The Morgan fingerprint density at radius 2 is 1.96 bits per heavy atom. The van der Waals surface area contributed by atoms with Crippen molar-refractivity contribution in [1.82, 2.24) is 14.8 Å². The van der Waals surface area contributed by atoms with E-state index in [-0.39, 0.29) is 11.2 Å². The normalized spacial score (nSPS) is 21.4. The first-order valence-electron chi connectivity index (χ1n) is 8.27. The second-order valence-electron chi connectivity index (χ2n) is 6.16. The summed E-state index contributed by atoms with van der Waals surface area (Å²) in [6.45, 7) is 0.492. The topological polar surface area (TPSA) is 57.0 Å². The van der Waals surface area contributed by atoms with Crippen molar-refractivity contribution in [2.24, 2.45) is 0 Å². The van der Waals surface area contributed by atoms with Gasteiger partial charge in [-0.1, -0.05) is 48.3 Å². The van der Waals surface area contributed by atoms with Crippen molar-refractivity contribution in [3.05, 3.63) is 29.3 Å². The first-order valence-corrected chi connectivity index (χ1v) is 9.53. The zero-order valence-electron chi connectivity index (χ0n) is 13.2. The number of esters is 1. The molecule has 1 aliphatic carbocycles. The van der Waals surface area contributed by atoms with E-state index in [9.17, 15) is 4.79 Å². The summed E-state index contributed by atoms with van der Waals surface area (Å²) in [5, 5.41) is 10.1. The predicted molar refractivity (Wildman–Crippen MR) is 93.2 cm³/mol. The van der Waals surface area contributed by atoms with Gasteiger partial charge in [0, 0.05) is 18.0 Å². The predicted octanol–water partition coefficient (Wildman–Crippen LogP) is 4.12. The number of cyclic esters (lactones) is 1. The SMILES string of the molecule is O=C1OCC[C@@H]1Sc1nnc(-c2ccccc2Cl)n1C1CCCC1. The molecule has 0 radical (unpaired) electrons. The monoisotopic (exact) mass is 363 g/mol. The lowest BCUT2D eigenvalue weighted by atomic mass is 10.2. The van der Waals surface area contributed by atoms with Gasteiger partial charge >= 0.3 is 5.97 Å². The molecule has 2 aromatic rings. The van der Waals surface area contributed by atoms with Gasteiger partial charge < -0.3 is 4.74 Å². The quantitative estimate of drug-likeness (QED) is 0.765. The first kappa shape index (κ1) is 16.0. The summed E-state index contributed by atoms with van der Waals surface area (Å²) in [5.41, 5.74) is 0.888. The number of rotatable bonds is 4. The van der Waals surface area contributed by atoms with E-state index >= 15 is 0 Å². The summed E-state index contributed by atoms with van der Waals surface area (Å²) in [7, 11) is 0. The van der Waals surface area contributed by atoms with Crippen LogP contribution in [0.5, 0.6) is 0 Å². The molecule has 0 spiro atoms. The second kappa shape index (κ2) is 6.76. The summed E-state index contributed by atoms with van der Waals surface area (Å²) < 4.78 is 7.26. The molecule has 1 aliphatic heterocycles. The van der Waals surface area contributed by atoms with Gasteiger partial charge in [-0.3, -0.25) is 9.36 Å². The number of hydrogen-bond donors (Lipinski definition) is 0. The zero-order valence-corrected chi connectivity index (χ0v) is 14.7. The van der Waals surface area contributed by atoms with Gasteiger partial charge in [-0.25, -0.2) is 0 Å². The van der Waals surface area contributed by atoms with Crippen molar-refractivity contribution < 1.29 is 9.53 Å². The number of carbonyl (C=O) groups excluding carboxylic acids is 1. The summed E-state index contributed by atoms with van der Waals surface area (Å²) in [4.78, 5) is 11.8. The highest BCUT2D eigenvalue weighted by molar-refractivity contribution is 8.00. The Hall–Kier alpha value is -1.53. The van der Waals surface area contributed by atoms with Crippen molar-refractivity contribution in [2.75, 3.05) is 6.61 Å². The summed E-state index contributed by atoms with van der Waals surface area (Å²) in [6.07, 6.45) is 5.36. The van der Waals surface area contributed by atoms with Crippen LogP contribution in [-0.4, -0.2) is 32.6 Å². The number of carbonyl (C=O) groups is 1. The molecule has 0 amide bonds. The number of aromatic nitrogens is 3. The van der Waals surface area contributed by atoms with Gasteiger partial charge in [-0.2, -0.15) is 0 Å². The van der Waals surface area contributed by atoms with Gasteiger partial charge in [0.05, 0.1) is 11.6 Å². The van der Waals surface area contributed by atoms with Crippen LogP contribution in [0.2, 0.25) is 5.02 Å². The minimum absolute atomic E-state index is 0.153. The van der Waals surface area contributed by atoms with E-state index in [2.05, 4.69) is 14.8 Å². The molecular weight excluding hydrogens is 346 g/mol. The van der Waals surface area contributed by atoms with E-state index in [1.165, 1.54) is 24.6 Å². The molecule has 1 saturated heterocycles. The van der Waals surface area contributed by atoms with Crippen LogP contribution in [0, 0.1) is 0 Å². The molecule has 0 unspecified atom stereocenters. The van der Waals surface area contributed by atoms with Crippen molar-refractivity contribution in [3.63, 3.8) is 0 Å². The Morgan fingerprint density at radius 1 is 1.17 bits per heavy atom. The molecule has 5 nitrogen and oxygen atoms in total. The van der Waals surface area contributed by atoms with Crippen LogP contribution in [0.15, 0.2) is 29.4 Å². The average molecular weight is 364 g/mol. The Balaban J connectivity index is 1.74. The maximum atomic E-state index is 11.8. The minimum atomic E-state index is -0.187. The van der Waals surface area contributed by atoms with E-state index in [0.29, 0.717) is 17.7 Å². The van der Waals surface area contributed by atoms with Crippen LogP contribution in [0.3, 0.4) is 0 Å². The van der Waals surface area contributed by atoms with Gasteiger partial charge in [-0.15, -0.1) is 10.2 Å². The third-order valence-electron chi connectivity index (χ3n) is 4.60. The first-order chi connectivity index (χ1) is 11.7. The molecule has 4 rings (SSSR count). The molecule has 1 aromatic carbocycles. The van der Waals surface area contributed by atoms with Gasteiger partial charge in [0.15, 0.2) is 11.0 Å². The molecule has 0 N–H and O–H groups in total. The highest BCUT2D eigenvalue weighted by atomic mass is 35.5. The standard InChI is InChI=1S/C17H18ClN3O2S/c18-13-8-4-3-7-12(13)15-19-20-17(21(15)11-5-1-2-6-11)24-14-9-10-23-16(14)22/h3-4,7-8,11,14H,1-2,5-6,9-10H2/t14-/m0/s1. The second-order valence-corrected chi connectivity index (χ2v) is 7.73. The van der Waals surface area contributed by atoms with E-state index in [4.69, 9.17) is 16.3 Å². The number of hydrogen-bond acceptors (Lipinski definition) is 5. The lowest BCUT2D eigenvalue weighted by molar-refractivity contribution is -0.137. The third kappa shape index (κ3) is 2.93. The zero-order chi connectivity index (χ0) is 16.5. The summed E-state index contributed by atoms with van der Waals surface area (Å²) >= 11 is 7.84. The number of benzene rings is 1. The van der Waals surface area contributed by atoms with E-state index in [1.807, 2.05) is 24.3 Å². The lowest BCUT2D eigenvalue weighted by Crippen LogP contribution is -2.13. The molecule has 2 heterocycles. The van der Waals surface area contributed by atoms with Gasteiger partial charge in [0.1, 0.15) is 5.25 Å². The fourth-order valence-electron chi connectivity index (χ4n) is 3.39. The summed E-state index contributed by atoms with van der Waals surface area (Å²) in [5.74, 6) is 0.640. The van der Waals surface area contributed by atoms with Crippen molar-refractivity contribution in [3.8, 4) is 11.4 Å². The van der Waals surface area contributed by atoms with E-state index in [1.54, 1.807) is 0 Å². The molecule has 2 aliphatic rings. The van der Waals surface area contributed by atoms with Crippen LogP contribution >= 0.6 is 23.4 Å². The van der Waals surface area contributed by atoms with Crippen LogP contribution in [0.25, 0.3) is 11.4 Å². The number of ether oxygens (including phenoxy) is 1. The largest absolute Gasteiger partial charge is 0.465 e. The molecule has 2 fully saturated rings. The molecule has 1 aromatic heterocycles. The Morgan fingerprint density at radius 3 is 2.67 bits per heavy atom. The van der Waals surface area contributed by atoms with Gasteiger partial charge in [0.2, 0.25) is 0 Å². The van der Waals surface area contributed by atoms with Crippen molar-refractivity contribution in [2.45, 2.75) is 48.6 Å². The van der Waals surface area contributed by atoms with Gasteiger partial charge in [0.25, 0.3) is 0 Å². The Kier molecular flexibility index (Phi) is 4.50. The fraction of sp³-hybridized carbons (Fsp3) is 0.471. The van der Waals surface area contributed by atoms with Crippen molar-refractivity contribution >= 4 is 29.3 Å². The molecule has 1 atom stereocenters. The van der Waals surface area contributed by atoms with E-state index < -0.39 is 0 Å². The molecule has 126 valence electrons. The minimum Gasteiger partial charge on any atom is -0.465 e. The molecule has 0 bridgehead atoms. The lowest BCUT2D eigenvalue weighted by Gasteiger charge is -2.18. The Bertz CT molecular complexity index is 758. The maximum Gasteiger partial charge on any atom is 0.319 e.